The molecule has 3 rings (SSSR count). The Labute approximate surface area is 158 Å². The molecule has 1 aliphatic carbocycles. The van der Waals surface area contributed by atoms with E-state index in [4.69, 9.17) is 0 Å². The molecular formula is C25H32O. The fourth-order valence-electron chi connectivity index (χ4n) is 4.11. The van der Waals surface area contributed by atoms with E-state index in [9.17, 15) is 5.11 Å². The first-order chi connectivity index (χ1) is 12.7. The second-order valence-electron chi connectivity index (χ2n) is 7.75. The Balaban J connectivity index is 1.59. The molecule has 1 unspecified atom stereocenters. The van der Waals surface area contributed by atoms with Crippen LogP contribution in [0.2, 0.25) is 0 Å². The highest BCUT2D eigenvalue weighted by atomic mass is 16.3. The van der Waals surface area contributed by atoms with E-state index in [1.165, 1.54) is 61.6 Å². The SMILES string of the molecule is CCC(CC)CCC1CC=C(c2ccc(-c3ccc(O)cc3)cc2)CC1. The predicted molar refractivity (Wildman–Crippen MR) is 112 cm³/mol. The molecule has 1 nitrogen and oxygen atoms in total. The van der Waals surface area contributed by atoms with Crippen molar-refractivity contribution in [3.63, 3.8) is 0 Å². The number of phenolic OH excluding ortho intramolecular Hbond substituents is 1. The Bertz CT molecular complexity index is 705. The summed E-state index contributed by atoms with van der Waals surface area (Å²) in [6.45, 7) is 4.66. The molecule has 0 aliphatic heterocycles. The lowest BCUT2D eigenvalue weighted by Crippen LogP contribution is -2.08. The standard InChI is InChI=1S/C25H32O/c1-3-19(4-2)5-6-20-7-9-21(10-8-20)22-11-13-23(14-12-22)24-15-17-25(26)18-16-24/h9,11-20,26H,3-8,10H2,1-2H3. The van der Waals surface area contributed by atoms with Gasteiger partial charge in [0.2, 0.25) is 0 Å². The van der Waals surface area contributed by atoms with Crippen LogP contribution in [0, 0.1) is 11.8 Å². The number of benzene rings is 2. The van der Waals surface area contributed by atoms with E-state index in [0.29, 0.717) is 5.75 Å². The summed E-state index contributed by atoms with van der Waals surface area (Å²) in [5.74, 6) is 2.12. The van der Waals surface area contributed by atoms with Crippen LogP contribution in [0.25, 0.3) is 16.7 Å². The Morgan fingerprint density at radius 3 is 2.00 bits per heavy atom. The van der Waals surface area contributed by atoms with Gasteiger partial charge in [-0.3, -0.25) is 0 Å². The molecule has 26 heavy (non-hydrogen) atoms. The molecule has 0 spiro atoms. The van der Waals surface area contributed by atoms with Gasteiger partial charge in [-0.1, -0.05) is 75.6 Å². The van der Waals surface area contributed by atoms with Crippen molar-refractivity contribution < 1.29 is 5.11 Å². The van der Waals surface area contributed by atoms with Gasteiger partial charge in [0.15, 0.2) is 0 Å². The highest BCUT2D eigenvalue weighted by Gasteiger charge is 2.16. The normalized spacial score (nSPS) is 17.3. The molecule has 0 amide bonds. The fraction of sp³-hybridized carbons (Fsp3) is 0.440. The second kappa shape index (κ2) is 9.07. The molecule has 1 heteroatoms. The maximum atomic E-state index is 9.43. The monoisotopic (exact) mass is 348 g/mol. The number of rotatable bonds is 7. The molecule has 0 fully saturated rings. The van der Waals surface area contributed by atoms with Gasteiger partial charge < -0.3 is 5.11 Å². The quantitative estimate of drug-likeness (QED) is 0.550. The van der Waals surface area contributed by atoms with Crippen molar-refractivity contribution in [3.05, 3.63) is 60.2 Å². The lowest BCUT2D eigenvalue weighted by atomic mass is 9.82. The maximum Gasteiger partial charge on any atom is 0.115 e. The van der Waals surface area contributed by atoms with Crippen LogP contribution in [-0.2, 0) is 0 Å². The Morgan fingerprint density at radius 1 is 0.885 bits per heavy atom. The third-order valence-electron chi connectivity index (χ3n) is 6.11. The van der Waals surface area contributed by atoms with Crippen LogP contribution in [0.3, 0.4) is 0 Å². The fourth-order valence-corrected chi connectivity index (χ4v) is 4.11. The third kappa shape index (κ3) is 4.78. The summed E-state index contributed by atoms with van der Waals surface area (Å²) < 4.78 is 0. The maximum absolute atomic E-state index is 9.43. The third-order valence-corrected chi connectivity index (χ3v) is 6.11. The van der Waals surface area contributed by atoms with Crippen molar-refractivity contribution in [1.29, 1.82) is 0 Å². The predicted octanol–water partition coefficient (Wildman–Crippen LogP) is 7.46. The van der Waals surface area contributed by atoms with Crippen LogP contribution in [0.4, 0.5) is 0 Å². The molecule has 0 radical (unpaired) electrons. The van der Waals surface area contributed by atoms with Crippen molar-refractivity contribution >= 4 is 5.57 Å². The van der Waals surface area contributed by atoms with Crippen molar-refractivity contribution in [1.82, 2.24) is 0 Å². The van der Waals surface area contributed by atoms with E-state index in [1.54, 1.807) is 12.1 Å². The molecule has 138 valence electrons. The Kier molecular flexibility index (Phi) is 6.55. The first-order valence-corrected chi connectivity index (χ1v) is 10.3. The van der Waals surface area contributed by atoms with Crippen LogP contribution >= 0.6 is 0 Å². The van der Waals surface area contributed by atoms with Crippen molar-refractivity contribution in [2.24, 2.45) is 11.8 Å². The first kappa shape index (κ1) is 18.8. The average molecular weight is 349 g/mol. The van der Waals surface area contributed by atoms with Crippen LogP contribution in [-0.4, -0.2) is 5.11 Å². The average Bonchev–Trinajstić information content (AvgIpc) is 2.70. The summed E-state index contributed by atoms with van der Waals surface area (Å²) in [5.41, 5.74) is 5.23. The molecule has 0 heterocycles. The van der Waals surface area contributed by atoms with Gasteiger partial charge in [-0.25, -0.2) is 0 Å². The van der Waals surface area contributed by atoms with Crippen LogP contribution in [0.5, 0.6) is 5.75 Å². The zero-order chi connectivity index (χ0) is 18.4. The molecule has 0 bridgehead atoms. The van der Waals surface area contributed by atoms with Crippen LogP contribution in [0.15, 0.2) is 54.6 Å². The van der Waals surface area contributed by atoms with E-state index in [2.05, 4.69) is 44.2 Å². The van der Waals surface area contributed by atoms with Gasteiger partial charge in [0.05, 0.1) is 0 Å². The summed E-state index contributed by atoms with van der Waals surface area (Å²) in [7, 11) is 0. The largest absolute Gasteiger partial charge is 0.508 e. The Morgan fingerprint density at radius 2 is 1.46 bits per heavy atom. The molecule has 0 aromatic heterocycles. The van der Waals surface area contributed by atoms with E-state index in [0.717, 1.165) is 17.4 Å². The number of phenols is 1. The molecule has 2 aromatic carbocycles. The van der Waals surface area contributed by atoms with E-state index < -0.39 is 0 Å². The van der Waals surface area contributed by atoms with Crippen LogP contribution < -0.4 is 0 Å². The molecule has 2 aromatic rings. The topological polar surface area (TPSA) is 20.2 Å². The molecule has 1 atom stereocenters. The minimum absolute atomic E-state index is 0.316. The molecule has 1 aliphatic rings. The van der Waals surface area contributed by atoms with Crippen molar-refractivity contribution in [3.8, 4) is 16.9 Å². The van der Waals surface area contributed by atoms with Gasteiger partial charge >= 0.3 is 0 Å². The number of hydrogen-bond acceptors (Lipinski definition) is 1. The summed E-state index contributed by atoms with van der Waals surface area (Å²) in [6.07, 6.45) is 11.7. The Hall–Kier alpha value is -2.02. The van der Waals surface area contributed by atoms with E-state index in [-0.39, 0.29) is 0 Å². The van der Waals surface area contributed by atoms with E-state index in [1.807, 2.05) is 12.1 Å². The van der Waals surface area contributed by atoms with Gasteiger partial charge in [-0.2, -0.15) is 0 Å². The molecular weight excluding hydrogens is 316 g/mol. The minimum Gasteiger partial charge on any atom is -0.508 e. The zero-order valence-electron chi connectivity index (χ0n) is 16.2. The smallest absolute Gasteiger partial charge is 0.115 e. The molecule has 0 saturated heterocycles. The molecule has 0 saturated carbocycles. The zero-order valence-corrected chi connectivity index (χ0v) is 16.2. The number of aromatic hydroxyl groups is 1. The van der Waals surface area contributed by atoms with Gasteiger partial charge in [-0.15, -0.1) is 0 Å². The van der Waals surface area contributed by atoms with E-state index >= 15 is 0 Å². The summed E-state index contributed by atoms with van der Waals surface area (Å²) in [4.78, 5) is 0. The van der Waals surface area contributed by atoms with Gasteiger partial charge in [0.25, 0.3) is 0 Å². The number of hydrogen-bond donors (Lipinski definition) is 1. The summed E-state index contributed by atoms with van der Waals surface area (Å²) in [5, 5.41) is 9.43. The highest BCUT2D eigenvalue weighted by molar-refractivity contribution is 5.71. The minimum atomic E-state index is 0.316. The first-order valence-electron chi connectivity index (χ1n) is 10.3. The van der Waals surface area contributed by atoms with Gasteiger partial charge in [0.1, 0.15) is 5.75 Å². The lowest BCUT2D eigenvalue weighted by molar-refractivity contribution is 0.361. The second-order valence-corrected chi connectivity index (χ2v) is 7.75. The van der Waals surface area contributed by atoms with Gasteiger partial charge in [0, 0.05) is 0 Å². The van der Waals surface area contributed by atoms with Crippen molar-refractivity contribution in [2.45, 2.75) is 58.8 Å². The highest BCUT2D eigenvalue weighted by Crippen LogP contribution is 2.34. The lowest BCUT2D eigenvalue weighted by Gasteiger charge is -2.24. The van der Waals surface area contributed by atoms with Crippen molar-refractivity contribution in [2.75, 3.05) is 0 Å². The van der Waals surface area contributed by atoms with Crippen LogP contribution in [0.1, 0.15) is 64.4 Å². The summed E-state index contributed by atoms with van der Waals surface area (Å²) >= 11 is 0. The number of allylic oxidation sites excluding steroid dienone is 2. The van der Waals surface area contributed by atoms with Gasteiger partial charge in [-0.05, 0) is 71.9 Å². The summed E-state index contributed by atoms with van der Waals surface area (Å²) in [6, 6.07) is 16.3. The molecule has 1 N–H and O–H groups in total.